The Bertz CT molecular complexity index is 627. The summed E-state index contributed by atoms with van der Waals surface area (Å²) in [5.41, 5.74) is 0.0521. The smallest absolute Gasteiger partial charge is 0.410 e. The average Bonchev–Trinajstić information content (AvgIpc) is 2.86. The van der Waals surface area contributed by atoms with E-state index in [2.05, 4.69) is 16.9 Å². The van der Waals surface area contributed by atoms with E-state index in [9.17, 15) is 4.79 Å². The summed E-state index contributed by atoms with van der Waals surface area (Å²) in [7, 11) is 0. The number of aromatic nitrogens is 1. The summed E-state index contributed by atoms with van der Waals surface area (Å²) in [6, 6.07) is 3.70. The van der Waals surface area contributed by atoms with Gasteiger partial charge in [0.15, 0.2) is 0 Å². The van der Waals surface area contributed by atoms with Gasteiger partial charge < -0.3 is 15.0 Å². The van der Waals surface area contributed by atoms with Crippen LogP contribution >= 0.6 is 11.6 Å². The predicted octanol–water partition coefficient (Wildman–Crippen LogP) is 4.41. The number of hydrogen-bond donors (Lipinski definition) is 1. The Balaban J connectivity index is 2.16. The van der Waals surface area contributed by atoms with Crippen LogP contribution in [0.15, 0.2) is 24.8 Å². The lowest BCUT2D eigenvalue weighted by atomic mass is 9.94. The van der Waals surface area contributed by atoms with Crippen LogP contribution in [0.5, 0.6) is 0 Å². The molecule has 1 aromatic rings. The molecule has 1 amide bonds. The van der Waals surface area contributed by atoms with Crippen molar-refractivity contribution in [2.75, 3.05) is 18.4 Å². The molecule has 1 unspecified atom stereocenters. The second-order valence-electron chi connectivity index (χ2n) is 7.33. The van der Waals surface area contributed by atoms with Gasteiger partial charge in [-0.25, -0.2) is 9.78 Å². The van der Waals surface area contributed by atoms with Crippen molar-refractivity contribution >= 4 is 23.5 Å². The van der Waals surface area contributed by atoms with Gasteiger partial charge in [-0.15, -0.1) is 6.58 Å². The minimum absolute atomic E-state index is 0.293. The number of amides is 1. The standard InChI is InChI=1S/C18H26ClN3O2/c1-6-9-18(21-15-14(19)8-7-13(2)20-15)10-11-22(12-18)16(23)24-17(3,4)5/h6-8H,1,9-12H2,2-5H3,(H,20,21). The number of pyridine rings is 1. The Labute approximate surface area is 149 Å². The molecule has 1 N–H and O–H groups in total. The van der Waals surface area contributed by atoms with Gasteiger partial charge in [0.1, 0.15) is 11.4 Å². The molecule has 0 aromatic carbocycles. The number of likely N-dealkylation sites (tertiary alicyclic amines) is 1. The van der Waals surface area contributed by atoms with Crippen LogP contribution in [0.3, 0.4) is 0 Å². The van der Waals surface area contributed by atoms with Crippen molar-refractivity contribution in [1.82, 2.24) is 9.88 Å². The summed E-state index contributed by atoms with van der Waals surface area (Å²) in [6.07, 6.45) is 3.05. The average molecular weight is 352 g/mol. The van der Waals surface area contributed by atoms with Crippen LogP contribution in [-0.4, -0.2) is 40.2 Å². The second kappa shape index (κ2) is 7.01. The fourth-order valence-electron chi connectivity index (χ4n) is 2.83. The van der Waals surface area contributed by atoms with Gasteiger partial charge in [-0.2, -0.15) is 0 Å². The maximum atomic E-state index is 12.3. The second-order valence-corrected chi connectivity index (χ2v) is 7.74. The molecule has 0 radical (unpaired) electrons. The molecule has 1 fully saturated rings. The minimum atomic E-state index is -0.504. The van der Waals surface area contributed by atoms with E-state index in [-0.39, 0.29) is 11.6 Å². The summed E-state index contributed by atoms with van der Waals surface area (Å²) >= 11 is 6.27. The van der Waals surface area contributed by atoms with Gasteiger partial charge in [0.2, 0.25) is 0 Å². The first-order chi connectivity index (χ1) is 11.1. The van der Waals surface area contributed by atoms with E-state index < -0.39 is 5.60 Å². The van der Waals surface area contributed by atoms with Crippen molar-refractivity contribution in [1.29, 1.82) is 0 Å². The third-order valence-corrected chi connectivity index (χ3v) is 4.21. The Kier molecular flexibility index (Phi) is 5.43. The van der Waals surface area contributed by atoms with Crippen molar-refractivity contribution in [3.63, 3.8) is 0 Å². The minimum Gasteiger partial charge on any atom is -0.444 e. The van der Waals surface area contributed by atoms with Crippen molar-refractivity contribution in [2.24, 2.45) is 0 Å². The number of carbonyl (C=O) groups is 1. The zero-order chi connectivity index (χ0) is 18.0. The molecule has 1 saturated heterocycles. The highest BCUT2D eigenvalue weighted by Gasteiger charge is 2.41. The lowest BCUT2D eigenvalue weighted by molar-refractivity contribution is 0.0286. The zero-order valence-electron chi connectivity index (χ0n) is 14.9. The molecule has 0 spiro atoms. The third-order valence-electron chi connectivity index (χ3n) is 3.91. The maximum Gasteiger partial charge on any atom is 0.410 e. The third kappa shape index (κ3) is 4.63. The molecule has 1 atom stereocenters. The first-order valence-corrected chi connectivity index (χ1v) is 8.52. The molecular formula is C18H26ClN3O2. The van der Waals surface area contributed by atoms with Gasteiger partial charge in [0.05, 0.1) is 10.6 Å². The highest BCUT2D eigenvalue weighted by Crippen LogP contribution is 2.32. The Morgan fingerprint density at radius 2 is 2.25 bits per heavy atom. The van der Waals surface area contributed by atoms with Crippen LogP contribution < -0.4 is 5.32 Å². The molecular weight excluding hydrogens is 326 g/mol. The molecule has 2 heterocycles. The monoisotopic (exact) mass is 351 g/mol. The zero-order valence-corrected chi connectivity index (χ0v) is 15.6. The van der Waals surface area contributed by atoms with E-state index >= 15 is 0 Å². The number of nitrogens with one attached hydrogen (secondary N) is 1. The number of aryl methyl sites for hydroxylation is 1. The number of anilines is 1. The number of hydrogen-bond acceptors (Lipinski definition) is 4. The van der Waals surface area contributed by atoms with Crippen molar-refractivity contribution in [3.8, 4) is 0 Å². The molecule has 24 heavy (non-hydrogen) atoms. The number of rotatable bonds is 4. The Hall–Kier alpha value is -1.75. The van der Waals surface area contributed by atoms with Gasteiger partial charge in [-0.1, -0.05) is 17.7 Å². The molecule has 6 heteroatoms. The van der Waals surface area contributed by atoms with E-state index in [4.69, 9.17) is 16.3 Å². The highest BCUT2D eigenvalue weighted by molar-refractivity contribution is 6.32. The molecule has 0 bridgehead atoms. The molecule has 0 saturated carbocycles. The normalized spacial score (nSPS) is 20.8. The molecule has 1 aromatic heterocycles. The topological polar surface area (TPSA) is 54.5 Å². The van der Waals surface area contributed by atoms with Gasteiger partial charge in [-0.05, 0) is 52.7 Å². The van der Waals surface area contributed by atoms with Crippen LogP contribution in [0.1, 0.15) is 39.3 Å². The number of ether oxygens (including phenoxy) is 1. The molecule has 132 valence electrons. The van der Waals surface area contributed by atoms with Crippen molar-refractivity contribution in [3.05, 3.63) is 35.5 Å². The molecule has 1 aliphatic heterocycles. The number of halogens is 1. The van der Waals surface area contributed by atoms with E-state index in [1.54, 1.807) is 4.90 Å². The van der Waals surface area contributed by atoms with Crippen LogP contribution in [0.25, 0.3) is 0 Å². The van der Waals surface area contributed by atoms with Gasteiger partial charge >= 0.3 is 6.09 Å². The molecule has 0 aliphatic carbocycles. The molecule has 2 rings (SSSR count). The van der Waals surface area contributed by atoms with Crippen molar-refractivity contribution < 1.29 is 9.53 Å². The van der Waals surface area contributed by atoms with E-state index in [1.807, 2.05) is 45.9 Å². The van der Waals surface area contributed by atoms with Crippen LogP contribution in [-0.2, 0) is 4.74 Å². The Morgan fingerprint density at radius 1 is 1.54 bits per heavy atom. The molecule has 5 nitrogen and oxygen atoms in total. The highest BCUT2D eigenvalue weighted by atomic mass is 35.5. The summed E-state index contributed by atoms with van der Waals surface area (Å²) < 4.78 is 5.48. The summed E-state index contributed by atoms with van der Waals surface area (Å²) in [4.78, 5) is 18.5. The first kappa shape index (κ1) is 18.6. The lowest BCUT2D eigenvalue weighted by Crippen LogP contribution is -2.43. The molecule has 1 aliphatic rings. The van der Waals surface area contributed by atoms with Crippen molar-refractivity contribution in [2.45, 2.75) is 51.7 Å². The Morgan fingerprint density at radius 3 is 2.88 bits per heavy atom. The van der Waals surface area contributed by atoms with Gasteiger partial charge in [0.25, 0.3) is 0 Å². The summed E-state index contributed by atoms with van der Waals surface area (Å²) in [5, 5.41) is 4.02. The van der Waals surface area contributed by atoms with Crippen LogP contribution in [0.2, 0.25) is 5.02 Å². The van der Waals surface area contributed by atoms with Crippen LogP contribution in [0, 0.1) is 6.92 Å². The van der Waals surface area contributed by atoms with E-state index in [0.717, 1.165) is 12.1 Å². The predicted molar refractivity (Wildman–Crippen MR) is 97.6 cm³/mol. The lowest BCUT2D eigenvalue weighted by Gasteiger charge is -2.31. The van der Waals surface area contributed by atoms with E-state index in [1.165, 1.54) is 0 Å². The number of nitrogens with zero attached hydrogens (tertiary/aromatic N) is 2. The van der Waals surface area contributed by atoms with Gasteiger partial charge in [0, 0.05) is 18.8 Å². The fraction of sp³-hybridized carbons (Fsp3) is 0.556. The van der Waals surface area contributed by atoms with Gasteiger partial charge in [-0.3, -0.25) is 0 Å². The summed E-state index contributed by atoms with van der Waals surface area (Å²) in [5.74, 6) is 0.643. The summed E-state index contributed by atoms with van der Waals surface area (Å²) in [6.45, 7) is 12.5. The fourth-order valence-corrected chi connectivity index (χ4v) is 2.98. The first-order valence-electron chi connectivity index (χ1n) is 8.14. The number of carbonyl (C=O) groups excluding carboxylic acids is 1. The largest absolute Gasteiger partial charge is 0.444 e. The van der Waals surface area contributed by atoms with Crippen LogP contribution in [0.4, 0.5) is 10.6 Å². The van der Waals surface area contributed by atoms with E-state index in [0.29, 0.717) is 30.4 Å². The quantitative estimate of drug-likeness (QED) is 0.816. The SMILES string of the molecule is C=CCC1(Nc2nc(C)ccc2Cl)CCN(C(=O)OC(C)(C)C)C1. The maximum absolute atomic E-state index is 12.3.